The molecular formula is C18H20ClN3O. The van der Waals surface area contributed by atoms with Gasteiger partial charge in [-0.25, -0.2) is 0 Å². The molecule has 1 N–H and O–H groups in total. The van der Waals surface area contributed by atoms with Crippen LogP contribution in [0.5, 0.6) is 0 Å². The first kappa shape index (κ1) is 14.9. The summed E-state index contributed by atoms with van der Waals surface area (Å²) in [6.07, 6.45) is 5.12. The van der Waals surface area contributed by atoms with Gasteiger partial charge in [-0.2, -0.15) is 0 Å². The van der Waals surface area contributed by atoms with Crippen molar-refractivity contribution in [3.63, 3.8) is 0 Å². The molecule has 2 fully saturated rings. The number of nitrogens with zero attached hydrogens (tertiary/aromatic N) is 2. The van der Waals surface area contributed by atoms with Crippen molar-refractivity contribution in [1.29, 1.82) is 0 Å². The number of aromatic nitrogens is 1. The van der Waals surface area contributed by atoms with Crippen molar-refractivity contribution in [2.75, 3.05) is 26.2 Å². The van der Waals surface area contributed by atoms with Crippen LogP contribution in [0.2, 0.25) is 5.02 Å². The molecule has 2 aliphatic rings. The van der Waals surface area contributed by atoms with E-state index in [-0.39, 0.29) is 5.91 Å². The van der Waals surface area contributed by atoms with Gasteiger partial charge in [0.1, 0.15) is 0 Å². The van der Waals surface area contributed by atoms with E-state index in [4.69, 9.17) is 11.6 Å². The predicted molar refractivity (Wildman–Crippen MR) is 91.8 cm³/mol. The topological polar surface area (TPSA) is 45.2 Å². The Labute approximate surface area is 140 Å². The first-order chi connectivity index (χ1) is 11.2. The third-order valence-corrected chi connectivity index (χ3v) is 5.56. The van der Waals surface area contributed by atoms with E-state index in [1.54, 1.807) is 12.3 Å². The van der Waals surface area contributed by atoms with Crippen LogP contribution in [0.3, 0.4) is 0 Å². The molecule has 0 bridgehead atoms. The van der Waals surface area contributed by atoms with E-state index in [9.17, 15) is 4.79 Å². The number of pyridine rings is 1. The molecule has 1 spiro atoms. The van der Waals surface area contributed by atoms with Gasteiger partial charge >= 0.3 is 0 Å². The highest BCUT2D eigenvalue weighted by atomic mass is 35.5. The number of hydrogen-bond acceptors (Lipinski definition) is 3. The summed E-state index contributed by atoms with van der Waals surface area (Å²) >= 11 is 6.20. The Morgan fingerprint density at radius 1 is 1.26 bits per heavy atom. The van der Waals surface area contributed by atoms with Crippen LogP contribution in [0.4, 0.5) is 0 Å². The molecule has 0 aliphatic carbocycles. The Kier molecular flexibility index (Phi) is 3.74. The molecule has 0 saturated carbocycles. The van der Waals surface area contributed by atoms with Crippen molar-refractivity contribution in [3.8, 4) is 0 Å². The highest BCUT2D eigenvalue weighted by Crippen LogP contribution is 2.37. The predicted octanol–water partition coefficient (Wildman–Crippen LogP) is 3.10. The lowest BCUT2D eigenvalue weighted by Crippen LogP contribution is -2.44. The number of carbonyl (C=O) groups is 1. The van der Waals surface area contributed by atoms with E-state index in [2.05, 4.69) is 10.3 Å². The molecule has 4 nitrogen and oxygen atoms in total. The molecule has 1 amide bonds. The first-order valence-electron chi connectivity index (χ1n) is 8.21. The Morgan fingerprint density at radius 3 is 2.83 bits per heavy atom. The van der Waals surface area contributed by atoms with Gasteiger partial charge in [-0.1, -0.05) is 17.7 Å². The summed E-state index contributed by atoms with van der Waals surface area (Å²) in [5.74, 6) is 0.0528. The zero-order valence-corrected chi connectivity index (χ0v) is 13.8. The van der Waals surface area contributed by atoms with Crippen LogP contribution in [0.1, 0.15) is 29.6 Å². The summed E-state index contributed by atoms with van der Waals surface area (Å²) in [4.78, 5) is 19.3. The minimum absolute atomic E-state index is 0.0528. The monoisotopic (exact) mass is 329 g/mol. The molecule has 3 heterocycles. The highest BCUT2D eigenvalue weighted by molar-refractivity contribution is 6.32. The Bertz CT molecular complexity index is 745. The second-order valence-corrected chi connectivity index (χ2v) is 7.18. The smallest absolute Gasteiger partial charge is 0.256 e. The van der Waals surface area contributed by atoms with E-state index >= 15 is 0 Å². The summed E-state index contributed by atoms with van der Waals surface area (Å²) in [6, 6.07) is 7.42. The quantitative estimate of drug-likeness (QED) is 0.874. The SMILES string of the molecule is O=C(c1cc(Cl)cc2cccnc12)N1CCC2(CCNC2)CC1. The Balaban J connectivity index is 1.60. The summed E-state index contributed by atoms with van der Waals surface area (Å²) in [7, 11) is 0. The number of benzene rings is 1. The number of hydrogen-bond donors (Lipinski definition) is 1. The Morgan fingerprint density at radius 2 is 2.09 bits per heavy atom. The normalized spacial score (nSPS) is 20.3. The van der Waals surface area contributed by atoms with Crippen LogP contribution in [0.25, 0.3) is 10.9 Å². The molecule has 1 aromatic heterocycles. The number of rotatable bonds is 1. The van der Waals surface area contributed by atoms with Crippen molar-refractivity contribution in [3.05, 3.63) is 41.0 Å². The lowest BCUT2D eigenvalue weighted by atomic mass is 9.78. The standard InChI is InChI=1S/C18H20ClN3O/c19-14-10-13-2-1-6-21-16(13)15(11-14)17(23)22-8-4-18(5-9-22)3-7-20-12-18/h1-2,6,10-11,20H,3-5,7-9,12H2. The number of likely N-dealkylation sites (tertiary alicyclic amines) is 1. The molecule has 0 radical (unpaired) electrons. The summed E-state index contributed by atoms with van der Waals surface area (Å²) in [5.41, 5.74) is 1.77. The Hall–Kier alpha value is -1.65. The maximum Gasteiger partial charge on any atom is 0.256 e. The van der Waals surface area contributed by atoms with Crippen LogP contribution in [-0.4, -0.2) is 42.0 Å². The third-order valence-electron chi connectivity index (χ3n) is 5.34. The van der Waals surface area contributed by atoms with Crippen molar-refractivity contribution in [1.82, 2.24) is 15.2 Å². The largest absolute Gasteiger partial charge is 0.339 e. The van der Waals surface area contributed by atoms with Crippen LogP contribution in [-0.2, 0) is 0 Å². The van der Waals surface area contributed by atoms with E-state index < -0.39 is 0 Å². The maximum absolute atomic E-state index is 13.0. The highest BCUT2D eigenvalue weighted by Gasteiger charge is 2.38. The zero-order chi connectivity index (χ0) is 15.9. The number of fused-ring (bicyclic) bond motifs is 1. The molecule has 2 saturated heterocycles. The molecule has 0 atom stereocenters. The van der Waals surface area contributed by atoms with Gasteiger partial charge in [0.2, 0.25) is 0 Å². The molecule has 2 aliphatic heterocycles. The lowest BCUT2D eigenvalue weighted by molar-refractivity contribution is 0.0609. The van der Waals surface area contributed by atoms with Gasteiger partial charge in [-0.3, -0.25) is 9.78 Å². The fourth-order valence-corrected chi connectivity index (χ4v) is 4.12. The lowest BCUT2D eigenvalue weighted by Gasteiger charge is -2.39. The minimum atomic E-state index is 0.0528. The maximum atomic E-state index is 13.0. The van der Waals surface area contributed by atoms with Crippen molar-refractivity contribution in [2.24, 2.45) is 5.41 Å². The third kappa shape index (κ3) is 2.70. The van der Waals surface area contributed by atoms with Gasteiger partial charge in [-0.05, 0) is 49.4 Å². The number of nitrogens with one attached hydrogen (secondary N) is 1. The first-order valence-corrected chi connectivity index (χ1v) is 8.59. The van der Waals surface area contributed by atoms with Crippen LogP contribution in [0, 0.1) is 5.41 Å². The molecule has 4 rings (SSSR count). The average molecular weight is 330 g/mol. The average Bonchev–Trinajstić information content (AvgIpc) is 3.02. The number of carbonyl (C=O) groups excluding carboxylic acids is 1. The van der Waals surface area contributed by atoms with E-state index in [0.29, 0.717) is 16.0 Å². The van der Waals surface area contributed by atoms with Gasteiger partial charge in [0.05, 0.1) is 11.1 Å². The minimum Gasteiger partial charge on any atom is -0.339 e. The fraction of sp³-hybridized carbons (Fsp3) is 0.444. The van der Waals surface area contributed by atoms with Crippen molar-refractivity contribution < 1.29 is 4.79 Å². The van der Waals surface area contributed by atoms with Crippen LogP contribution in [0.15, 0.2) is 30.5 Å². The second-order valence-electron chi connectivity index (χ2n) is 6.75. The van der Waals surface area contributed by atoms with Gasteiger partial charge in [-0.15, -0.1) is 0 Å². The van der Waals surface area contributed by atoms with Gasteiger partial charge in [0, 0.05) is 36.2 Å². The molecular weight excluding hydrogens is 310 g/mol. The molecule has 120 valence electrons. The number of amides is 1. The van der Waals surface area contributed by atoms with Gasteiger partial charge in [0.25, 0.3) is 5.91 Å². The van der Waals surface area contributed by atoms with Crippen molar-refractivity contribution >= 4 is 28.4 Å². The second kappa shape index (κ2) is 5.77. The van der Waals surface area contributed by atoms with Crippen LogP contribution < -0.4 is 5.32 Å². The molecule has 23 heavy (non-hydrogen) atoms. The van der Waals surface area contributed by atoms with E-state index in [0.717, 1.165) is 49.9 Å². The number of piperidine rings is 1. The molecule has 1 aromatic carbocycles. The van der Waals surface area contributed by atoms with E-state index in [1.807, 2.05) is 23.1 Å². The molecule has 5 heteroatoms. The van der Waals surface area contributed by atoms with Crippen LogP contribution >= 0.6 is 11.6 Å². The zero-order valence-electron chi connectivity index (χ0n) is 13.0. The summed E-state index contributed by atoms with van der Waals surface area (Å²) in [5, 5.41) is 4.96. The summed E-state index contributed by atoms with van der Waals surface area (Å²) in [6.45, 7) is 3.84. The van der Waals surface area contributed by atoms with E-state index in [1.165, 1.54) is 6.42 Å². The fourth-order valence-electron chi connectivity index (χ4n) is 3.90. The summed E-state index contributed by atoms with van der Waals surface area (Å²) < 4.78 is 0. The molecule has 2 aromatic rings. The van der Waals surface area contributed by atoms with Gasteiger partial charge < -0.3 is 10.2 Å². The van der Waals surface area contributed by atoms with Gasteiger partial charge in [0.15, 0.2) is 0 Å². The van der Waals surface area contributed by atoms with Crippen molar-refractivity contribution in [2.45, 2.75) is 19.3 Å². The molecule has 0 unspecified atom stereocenters. The number of halogens is 1.